The van der Waals surface area contributed by atoms with Gasteiger partial charge in [0, 0.05) is 12.6 Å². The Labute approximate surface area is 117 Å². The summed E-state index contributed by atoms with van der Waals surface area (Å²) in [6, 6.07) is 0.551. The molecule has 0 heterocycles. The minimum Gasteiger partial charge on any atom is -0.370 e. The van der Waals surface area contributed by atoms with Crippen LogP contribution in [0.3, 0.4) is 0 Å². The molecular weight excluding hydrogens is 313 g/mol. The van der Waals surface area contributed by atoms with Crippen LogP contribution in [0.4, 0.5) is 0 Å². The number of nitrogens with one attached hydrogen (secondary N) is 1. The Morgan fingerprint density at radius 3 is 2.31 bits per heavy atom. The van der Waals surface area contributed by atoms with Gasteiger partial charge in [-0.05, 0) is 44.4 Å². The predicted octanol–water partition coefficient (Wildman–Crippen LogP) is 2.74. The molecule has 3 N–H and O–H groups in total. The molecule has 96 valence electrons. The fourth-order valence-corrected chi connectivity index (χ4v) is 2.36. The van der Waals surface area contributed by atoms with Crippen molar-refractivity contribution >= 4 is 29.9 Å². The van der Waals surface area contributed by atoms with E-state index in [1.807, 2.05) is 6.92 Å². The van der Waals surface area contributed by atoms with Crippen LogP contribution in [0.1, 0.15) is 46.5 Å². The van der Waals surface area contributed by atoms with E-state index < -0.39 is 0 Å². The second-order valence-corrected chi connectivity index (χ2v) is 4.86. The van der Waals surface area contributed by atoms with Gasteiger partial charge in [0.25, 0.3) is 0 Å². The summed E-state index contributed by atoms with van der Waals surface area (Å²) in [6.45, 7) is 7.42. The molecule has 0 radical (unpaired) electrons. The molecule has 0 bridgehead atoms. The smallest absolute Gasteiger partial charge is 0.188 e. The molecule has 0 amide bonds. The highest BCUT2D eigenvalue weighted by Crippen LogP contribution is 2.29. The van der Waals surface area contributed by atoms with Crippen LogP contribution in [0.15, 0.2) is 4.99 Å². The van der Waals surface area contributed by atoms with Crippen molar-refractivity contribution in [1.82, 2.24) is 5.32 Å². The van der Waals surface area contributed by atoms with Crippen LogP contribution in [0.2, 0.25) is 0 Å². The first kappa shape index (κ1) is 16.0. The third kappa shape index (κ3) is 5.37. The zero-order valence-electron chi connectivity index (χ0n) is 10.7. The molecule has 3 nitrogen and oxygen atoms in total. The van der Waals surface area contributed by atoms with E-state index >= 15 is 0 Å². The first-order valence-corrected chi connectivity index (χ1v) is 6.20. The lowest BCUT2D eigenvalue weighted by atomic mass is 9.80. The average Bonchev–Trinajstić information content (AvgIpc) is 2.18. The van der Waals surface area contributed by atoms with Crippen molar-refractivity contribution in [2.24, 2.45) is 22.6 Å². The molecule has 0 saturated heterocycles. The Bertz CT molecular complexity index is 208. The van der Waals surface area contributed by atoms with Gasteiger partial charge < -0.3 is 11.1 Å². The average molecular weight is 339 g/mol. The van der Waals surface area contributed by atoms with Gasteiger partial charge in [0.15, 0.2) is 5.96 Å². The van der Waals surface area contributed by atoms with E-state index in [9.17, 15) is 0 Å². The van der Waals surface area contributed by atoms with E-state index in [1.165, 1.54) is 25.7 Å². The van der Waals surface area contributed by atoms with Crippen LogP contribution in [0, 0.1) is 11.8 Å². The highest BCUT2D eigenvalue weighted by atomic mass is 127. The van der Waals surface area contributed by atoms with Crippen molar-refractivity contribution in [3.05, 3.63) is 0 Å². The number of halogens is 1. The number of guanidine groups is 1. The minimum atomic E-state index is 0. The minimum absolute atomic E-state index is 0. The van der Waals surface area contributed by atoms with E-state index in [-0.39, 0.29) is 24.0 Å². The number of rotatable bonds is 3. The zero-order chi connectivity index (χ0) is 11.3. The quantitative estimate of drug-likeness (QED) is 0.472. The van der Waals surface area contributed by atoms with Crippen molar-refractivity contribution < 1.29 is 0 Å². The molecule has 0 aromatic heterocycles. The van der Waals surface area contributed by atoms with Crippen molar-refractivity contribution in [1.29, 1.82) is 0 Å². The maximum atomic E-state index is 5.75. The monoisotopic (exact) mass is 339 g/mol. The van der Waals surface area contributed by atoms with Gasteiger partial charge in [-0.3, -0.25) is 4.99 Å². The summed E-state index contributed by atoms with van der Waals surface area (Å²) in [5, 5.41) is 3.31. The van der Waals surface area contributed by atoms with Crippen molar-refractivity contribution in [3.63, 3.8) is 0 Å². The van der Waals surface area contributed by atoms with Gasteiger partial charge in [-0.15, -0.1) is 24.0 Å². The molecule has 0 atom stereocenters. The number of nitrogens with zero attached hydrogens (tertiary/aromatic N) is 1. The molecule has 1 rings (SSSR count). The van der Waals surface area contributed by atoms with Gasteiger partial charge in [0.1, 0.15) is 0 Å². The van der Waals surface area contributed by atoms with Crippen LogP contribution in [-0.4, -0.2) is 18.5 Å². The van der Waals surface area contributed by atoms with E-state index in [2.05, 4.69) is 24.2 Å². The Balaban J connectivity index is 0.00000225. The van der Waals surface area contributed by atoms with Crippen LogP contribution >= 0.6 is 24.0 Å². The van der Waals surface area contributed by atoms with E-state index in [4.69, 9.17) is 5.73 Å². The molecule has 0 aromatic rings. The van der Waals surface area contributed by atoms with Gasteiger partial charge >= 0.3 is 0 Å². The third-order valence-electron chi connectivity index (χ3n) is 3.40. The first-order chi connectivity index (χ1) is 7.13. The molecule has 1 aliphatic rings. The Morgan fingerprint density at radius 1 is 1.31 bits per heavy atom. The Morgan fingerprint density at radius 2 is 1.88 bits per heavy atom. The Kier molecular flexibility index (Phi) is 8.14. The van der Waals surface area contributed by atoms with E-state index in [1.54, 1.807) is 0 Å². The maximum Gasteiger partial charge on any atom is 0.188 e. The fourth-order valence-electron chi connectivity index (χ4n) is 2.36. The van der Waals surface area contributed by atoms with Crippen molar-refractivity contribution in [2.75, 3.05) is 6.54 Å². The third-order valence-corrected chi connectivity index (χ3v) is 3.40. The first-order valence-electron chi connectivity index (χ1n) is 6.20. The molecule has 0 aliphatic heterocycles. The van der Waals surface area contributed by atoms with Crippen molar-refractivity contribution in [3.8, 4) is 0 Å². The molecule has 1 fully saturated rings. The number of aliphatic imine (C=N–C) groups is 1. The second kappa shape index (κ2) is 8.14. The lowest BCUT2D eigenvalue weighted by Crippen LogP contribution is -2.42. The molecule has 0 unspecified atom stereocenters. The topological polar surface area (TPSA) is 50.4 Å². The summed E-state index contributed by atoms with van der Waals surface area (Å²) >= 11 is 0. The lowest BCUT2D eigenvalue weighted by molar-refractivity contribution is 0.250. The van der Waals surface area contributed by atoms with Crippen LogP contribution in [-0.2, 0) is 0 Å². The molecule has 0 spiro atoms. The number of hydrogen-bond donors (Lipinski definition) is 2. The molecule has 1 saturated carbocycles. The van der Waals surface area contributed by atoms with Gasteiger partial charge in [0.05, 0.1) is 0 Å². The van der Waals surface area contributed by atoms with Crippen LogP contribution in [0.25, 0.3) is 0 Å². The summed E-state index contributed by atoms with van der Waals surface area (Å²) in [4.78, 5) is 4.16. The SMILES string of the molecule is CCN=C(N)NC1CCC(C(C)C)CC1.I. The molecule has 1 aliphatic carbocycles. The summed E-state index contributed by atoms with van der Waals surface area (Å²) in [6.07, 6.45) is 5.13. The summed E-state index contributed by atoms with van der Waals surface area (Å²) in [5.41, 5.74) is 5.75. The summed E-state index contributed by atoms with van der Waals surface area (Å²) in [7, 11) is 0. The normalized spacial score (nSPS) is 26.4. The Hall–Kier alpha value is 0. The standard InChI is InChI=1S/C12H25N3.HI/c1-4-14-12(13)15-11-7-5-10(6-8-11)9(2)3;/h9-11H,4-8H2,1-3H3,(H3,13,14,15);1H. The second-order valence-electron chi connectivity index (χ2n) is 4.86. The highest BCUT2D eigenvalue weighted by Gasteiger charge is 2.23. The summed E-state index contributed by atoms with van der Waals surface area (Å²) in [5.74, 6) is 2.35. The fraction of sp³-hybridized carbons (Fsp3) is 0.917. The van der Waals surface area contributed by atoms with Gasteiger partial charge in [-0.25, -0.2) is 0 Å². The predicted molar refractivity (Wildman–Crippen MR) is 81.3 cm³/mol. The number of nitrogens with two attached hydrogens (primary N) is 1. The molecule has 4 heteroatoms. The largest absolute Gasteiger partial charge is 0.370 e. The van der Waals surface area contributed by atoms with Crippen LogP contribution in [0.5, 0.6) is 0 Å². The zero-order valence-corrected chi connectivity index (χ0v) is 13.0. The highest BCUT2D eigenvalue weighted by molar-refractivity contribution is 14.0. The maximum absolute atomic E-state index is 5.75. The van der Waals surface area contributed by atoms with Gasteiger partial charge in [-0.2, -0.15) is 0 Å². The molecule has 16 heavy (non-hydrogen) atoms. The van der Waals surface area contributed by atoms with Crippen molar-refractivity contribution in [2.45, 2.75) is 52.5 Å². The lowest BCUT2D eigenvalue weighted by Gasteiger charge is -2.31. The van der Waals surface area contributed by atoms with E-state index in [0.29, 0.717) is 12.0 Å². The van der Waals surface area contributed by atoms with Gasteiger partial charge in [0.2, 0.25) is 0 Å². The molecular formula is C12H26IN3. The molecule has 0 aromatic carbocycles. The summed E-state index contributed by atoms with van der Waals surface area (Å²) < 4.78 is 0. The van der Waals surface area contributed by atoms with E-state index in [0.717, 1.165) is 18.4 Å². The number of hydrogen-bond acceptors (Lipinski definition) is 1. The van der Waals surface area contributed by atoms with Gasteiger partial charge in [-0.1, -0.05) is 13.8 Å². The van der Waals surface area contributed by atoms with Crippen LogP contribution < -0.4 is 11.1 Å².